The first-order chi connectivity index (χ1) is 10.3. The molecule has 1 heterocycles. The highest BCUT2D eigenvalue weighted by Gasteiger charge is 2.31. The number of carbonyl (C=O) groups is 2. The van der Waals surface area contributed by atoms with Crippen LogP contribution >= 0.6 is 0 Å². The molecule has 0 amide bonds. The Morgan fingerprint density at radius 3 is 2.36 bits per heavy atom. The summed E-state index contributed by atoms with van der Waals surface area (Å²) >= 11 is 0. The van der Waals surface area contributed by atoms with E-state index in [9.17, 15) is 9.59 Å². The molecule has 0 saturated heterocycles. The summed E-state index contributed by atoms with van der Waals surface area (Å²) < 4.78 is 6.45. The summed E-state index contributed by atoms with van der Waals surface area (Å²) in [7, 11) is -0.344. The lowest BCUT2D eigenvalue weighted by molar-refractivity contribution is 0.0582. The van der Waals surface area contributed by atoms with Crippen LogP contribution in [0.3, 0.4) is 0 Å². The Hall–Kier alpha value is -1.62. The van der Waals surface area contributed by atoms with Gasteiger partial charge in [0.05, 0.1) is 20.9 Å². The summed E-state index contributed by atoms with van der Waals surface area (Å²) in [5.41, 5.74) is 2.51. The lowest BCUT2D eigenvalue weighted by atomic mass is 9.97. The summed E-state index contributed by atoms with van der Waals surface area (Å²) in [6.45, 7) is 8.22. The van der Waals surface area contributed by atoms with Gasteiger partial charge in [-0.2, -0.15) is 0 Å². The number of hydrogen-bond acceptors (Lipinski definition) is 3. The lowest BCUT2D eigenvalue weighted by Gasteiger charge is -2.22. The number of nitrogens with zero attached hydrogens (tertiary/aromatic N) is 1. The van der Waals surface area contributed by atoms with Gasteiger partial charge >= 0.3 is 5.97 Å². The minimum atomic E-state index is -1.70. The van der Waals surface area contributed by atoms with Crippen LogP contribution in [0.1, 0.15) is 53.6 Å². The van der Waals surface area contributed by atoms with Crippen molar-refractivity contribution in [3.63, 3.8) is 0 Å². The fourth-order valence-electron chi connectivity index (χ4n) is 3.03. The Balaban J connectivity index is 2.76. The average molecular weight is 319 g/mol. The van der Waals surface area contributed by atoms with E-state index < -0.39 is 14.0 Å². The van der Waals surface area contributed by atoms with E-state index in [1.165, 1.54) is 26.0 Å². The topological polar surface area (TPSA) is 48.3 Å². The number of rotatable bonds is 3. The first-order valence-corrected chi connectivity index (χ1v) is 11.3. The molecular weight excluding hydrogens is 294 g/mol. The van der Waals surface area contributed by atoms with E-state index in [4.69, 9.17) is 4.74 Å². The molecule has 0 unspecified atom stereocenters. The van der Waals surface area contributed by atoms with Gasteiger partial charge in [-0.05, 0) is 42.5 Å². The molecule has 2 rings (SSSR count). The van der Waals surface area contributed by atoms with E-state index in [1.807, 2.05) is 6.07 Å². The van der Waals surface area contributed by atoms with Crippen LogP contribution in [0.25, 0.3) is 5.57 Å². The number of allylic oxidation sites excluding steroid dienone is 2. The fourth-order valence-corrected chi connectivity index (χ4v) is 4.59. The zero-order chi connectivity index (χ0) is 16.5. The molecule has 0 bridgehead atoms. The van der Waals surface area contributed by atoms with Gasteiger partial charge < -0.3 is 4.74 Å². The molecule has 0 radical (unpaired) electrons. The largest absolute Gasteiger partial charge is 0.464 e. The summed E-state index contributed by atoms with van der Waals surface area (Å²) in [6, 6.07) is 1.88. The van der Waals surface area contributed by atoms with Gasteiger partial charge in [-0.3, -0.25) is 9.36 Å². The van der Waals surface area contributed by atoms with E-state index in [-0.39, 0.29) is 5.91 Å². The van der Waals surface area contributed by atoms with Crippen LogP contribution in [0, 0.1) is 0 Å². The summed E-state index contributed by atoms with van der Waals surface area (Å²) in [4.78, 5) is 24.3. The maximum Gasteiger partial charge on any atom is 0.355 e. The minimum absolute atomic E-state index is 0.133. The maximum absolute atomic E-state index is 12.2. The quantitative estimate of drug-likeness (QED) is 0.633. The van der Waals surface area contributed by atoms with Crippen LogP contribution in [0.4, 0.5) is 0 Å². The summed E-state index contributed by atoms with van der Waals surface area (Å²) in [5.74, 6) is -0.580. The van der Waals surface area contributed by atoms with Crippen molar-refractivity contribution in [2.24, 2.45) is 0 Å². The van der Waals surface area contributed by atoms with Gasteiger partial charge in [0.2, 0.25) is 5.91 Å². The van der Waals surface area contributed by atoms with Gasteiger partial charge in [-0.15, -0.1) is 0 Å². The molecule has 1 aliphatic rings. The van der Waals surface area contributed by atoms with Crippen molar-refractivity contribution < 1.29 is 14.3 Å². The third kappa shape index (κ3) is 3.09. The number of methoxy groups -OCH3 is 1. The molecule has 5 heteroatoms. The highest BCUT2D eigenvalue weighted by Crippen LogP contribution is 2.29. The Kier molecular flexibility index (Phi) is 4.75. The van der Waals surface area contributed by atoms with Crippen molar-refractivity contribution in [3.05, 3.63) is 23.5 Å². The molecule has 4 nitrogen and oxygen atoms in total. The average Bonchev–Trinajstić information content (AvgIpc) is 2.88. The second-order valence-corrected chi connectivity index (χ2v) is 11.9. The molecule has 120 valence electrons. The minimum Gasteiger partial charge on any atom is -0.464 e. The number of esters is 1. The van der Waals surface area contributed by atoms with Gasteiger partial charge in [0, 0.05) is 6.92 Å². The van der Waals surface area contributed by atoms with Gasteiger partial charge in [0.15, 0.2) is 0 Å². The van der Waals surface area contributed by atoms with Gasteiger partial charge in [-0.1, -0.05) is 25.7 Å². The summed E-state index contributed by atoms with van der Waals surface area (Å²) in [6.07, 6.45) is 6.56. The second-order valence-electron chi connectivity index (χ2n) is 6.86. The molecule has 1 aromatic rings. The highest BCUT2D eigenvalue weighted by molar-refractivity contribution is 6.89. The molecule has 1 aromatic heterocycles. The van der Waals surface area contributed by atoms with Crippen LogP contribution in [-0.2, 0) is 4.74 Å². The van der Waals surface area contributed by atoms with Crippen molar-refractivity contribution in [1.82, 2.24) is 4.57 Å². The molecule has 0 atom stereocenters. The molecule has 0 fully saturated rings. The number of ether oxygens (including phenoxy) is 1. The molecule has 0 N–H and O–H groups in total. The normalized spacial score (nSPS) is 15.4. The Labute approximate surface area is 133 Å². The smallest absolute Gasteiger partial charge is 0.355 e. The third-order valence-corrected chi connectivity index (χ3v) is 6.11. The lowest BCUT2D eigenvalue weighted by Crippen LogP contribution is -2.39. The highest BCUT2D eigenvalue weighted by atomic mass is 28.3. The molecule has 1 aliphatic carbocycles. The molecule has 0 saturated carbocycles. The standard InChI is InChI=1S/C17H25NO3Si/c1-12(19)18-14(17(20)21-2)11-15(22(3,4)5)16(18)13-9-7-6-8-10-13/h9,11H,6-8,10H2,1-5H3. The molecule has 0 aliphatic heterocycles. The van der Waals surface area contributed by atoms with E-state index in [0.717, 1.165) is 30.1 Å². The molecular formula is C17H25NO3Si. The monoisotopic (exact) mass is 319 g/mol. The van der Waals surface area contributed by atoms with E-state index >= 15 is 0 Å². The number of carbonyl (C=O) groups excluding carboxylic acids is 2. The van der Waals surface area contributed by atoms with Crippen LogP contribution in [0.15, 0.2) is 12.1 Å². The third-order valence-electron chi connectivity index (χ3n) is 4.11. The van der Waals surface area contributed by atoms with Crippen LogP contribution in [0.5, 0.6) is 0 Å². The Bertz CT molecular complexity index is 635. The number of hydrogen-bond donors (Lipinski definition) is 0. The zero-order valence-corrected chi connectivity index (χ0v) is 15.2. The van der Waals surface area contributed by atoms with E-state index in [0.29, 0.717) is 5.69 Å². The van der Waals surface area contributed by atoms with E-state index in [2.05, 4.69) is 25.7 Å². The van der Waals surface area contributed by atoms with Crippen LogP contribution in [-0.4, -0.2) is 31.6 Å². The number of aromatic nitrogens is 1. The van der Waals surface area contributed by atoms with Crippen LogP contribution in [0.2, 0.25) is 19.6 Å². The van der Waals surface area contributed by atoms with Crippen molar-refractivity contribution >= 4 is 30.7 Å². The van der Waals surface area contributed by atoms with Crippen molar-refractivity contribution in [1.29, 1.82) is 0 Å². The van der Waals surface area contributed by atoms with Crippen LogP contribution < -0.4 is 5.19 Å². The molecule has 0 spiro atoms. The molecule has 22 heavy (non-hydrogen) atoms. The first-order valence-electron chi connectivity index (χ1n) is 7.82. The predicted molar refractivity (Wildman–Crippen MR) is 91.5 cm³/mol. The molecule has 0 aromatic carbocycles. The SMILES string of the molecule is COC(=O)c1cc([Si](C)(C)C)c(C2=CCCCC2)n1C(C)=O. The van der Waals surface area contributed by atoms with E-state index in [1.54, 1.807) is 4.57 Å². The Morgan fingerprint density at radius 1 is 1.23 bits per heavy atom. The maximum atomic E-state index is 12.2. The van der Waals surface area contributed by atoms with Gasteiger partial charge in [-0.25, -0.2) is 4.79 Å². The van der Waals surface area contributed by atoms with Crippen molar-refractivity contribution in [2.75, 3.05) is 7.11 Å². The summed E-state index contributed by atoms with van der Waals surface area (Å²) in [5, 5.41) is 1.16. The van der Waals surface area contributed by atoms with Gasteiger partial charge in [0.25, 0.3) is 0 Å². The van der Waals surface area contributed by atoms with Crippen molar-refractivity contribution in [2.45, 2.75) is 52.2 Å². The second kappa shape index (κ2) is 6.24. The Morgan fingerprint density at radius 2 is 1.91 bits per heavy atom. The fraction of sp³-hybridized carbons (Fsp3) is 0.529. The predicted octanol–water partition coefficient (Wildman–Crippen LogP) is 3.44. The first kappa shape index (κ1) is 16.7. The van der Waals surface area contributed by atoms with Crippen molar-refractivity contribution in [3.8, 4) is 0 Å². The zero-order valence-electron chi connectivity index (χ0n) is 14.2. The van der Waals surface area contributed by atoms with Gasteiger partial charge in [0.1, 0.15) is 5.69 Å².